The highest BCUT2D eigenvalue weighted by Crippen LogP contribution is 2.29. The number of hydrogen-bond acceptors (Lipinski definition) is 4. The summed E-state index contributed by atoms with van der Waals surface area (Å²) in [7, 11) is 0. The molecule has 0 spiro atoms. The van der Waals surface area contributed by atoms with E-state index in [-0.39, 0.29) is 5.91 Å². The van der Waals surface area contributed by atoms with E-state index in [1.807, 2.05) is 24.3 Å². The number of thioether (sulfide) groups is 1. The fourth-order valence-electron chi connectivity index (χ4n) is 2.33. The molecule has 1 aromatic heterocycles. The molecule has 0 aliphatic heterocycles. The standard InChI is InChI=1S/C19H23NO2S2/c21-19(20-10-4-11-22-13-15-8-9-15)17-6-1-2-7-18(17)24-14-16-5-3-12-23-16/h1-3,5-7,12,15H,4,8-11,13-14H2,(H,20,21). The van der Waals surface area contributed by atoms with Crippen LogP contribution in [0.1, 0.15) is 34.5 Å². The van der Waals surface area contributed by atoms with Gasteiger partial charge < -0.3 is 10.1 Å². The Kier molecular flexibility index (Phi) is 6.75. The molecule has 3 nitrogen and oxygen atoms in total. The first-order chi connectivity index (χ1) is 11.8. The predicted octanol–water partition coefficient (Wildman–Crippen LogP) is 4.59. The van der Waals surface area contributed by atoms with Gasteiger partial charge in [0.15, 0.2) is 0 Å². The molecular formula is C19H23NO2S2. The van der Waals surface area contributed by atoms with Crippen LogP contribution in [-0.2, 0) is 10.5 Å². The highest BCUT2D eigenvalue weighted by Gasteiger charge is 2.20. The van der Waals surface area contributed by atoms with Gasteiger partial charge in [0.25, 0.3) is 5.91 Å². The van der Waals surface area contributed by atoms with Crippen molar-refractivity contribution in [3.8, 4) is 0 Å². The molecular weight excluding hydrogens is 338 g/mol. The van der Waals surface area contributed by atoms with Gasteiger partial charge in [0, 0.05) is 35.3 Å². The van der Waals surface area contributed by atoms with E-state index in [4.69, 9.17) is 4.74 Å². The van der Waals surface area contributed by atoms with E-state index in [0.29, 0.717) is 6.54 Å². The maximum atomic E-state index is 12.4. The number of rotatable bonds is 10. The topological polar surface area (TPSA) is 38.3 Å². The Morgan fingerprint density at radius 2 is 2.12 bits per heavy atom. The second-order valence-corrected chi connectivity index (χ2v) is 8.04. The van der Waals surface area contributed by atoms with Crippen LogP contribution in [0.2, 0.25) is 0 Å². The molecule has 1 N–H and O–H groups in total. The van der Waals surface area contributed by atoms with Crippen molar-refractivity contribution in [2.45, 2.75) is 29.9 Å². The van der Waals surface area contributed by atoms with E-state index in [9.17, 15) is 4.79 Å². The van der Waals surface area contributed by atoms with Crippen molar-refractivity contribution in [2.24, 2.45) is 5.92 Å². The van der Waals surface area contributed by atoms with Crippen LogP contribution in [0, 0.1) is 5.92 Å². The zero-order valence-corrected chi connectivity index (χ0v) is 15.3. The highest BCUT2D eigenvalue weighted by molar-refractivity contribution is 7.98. The summed E-state index contributed by atoms with van der Waals surface area (Å²) in [5.41, 5.74) is 0.762. The summed E-state index contributed by atoms with van der Waals surface area (Å²) in [4.78, 5) is 14.8. The summed E-state index contributed by atoms with van der Waals surface area (Å²) >= 11 is 3.46. The lowest BCUT2D eigenvalue weighted by Crippen LogP contribution is -2.25. The minimum Gasteiger partial charge on any atom is -0.381 e. The van der Waals surface area contributed by atoms with E-state index in [1.165, 1.54) is 17.7 Å². The largest absolute Gasteiger partial charge is 0.381 e. The Labute approximate surface area is 151 Å². The first kappa shape index (κ1) is 17.5. The van der Waals surface area contributed by atoms with E-state index in [0.717, 1.165) is 41.8 Å². The smallest absolute Gasteiger partial charge is 0.252 e. The van der Waals surface area contributed by atoms with Gasteiger partial charge in [-0.1, -0.05) is 18.2 Å². The van der Waals surface area contributed by atoms with Crippen LogP contribution in [0.3, 0.4) is 0 Å². The number of carbonyl (C=O) groups is 1. The number of hydrogen-bond donors (Lipinski definition) is 1. The second-order valence-electron chi connectivity index (χ2n) is 5.99. The Morgan fingerprint density at radius 1 is 1.25 bits per heavy atom. The maximum Gasteiger partial charge on any atom is 0.252 e. The Morgan fingerprint density at radius 3 is 2.92 bits per heavy atom. The van der Waals surface area contributed by atoms with Crippen LogP contribution in [0.25, 0.3) is 0 Å². The van der Waals surface area contributed by atoms with Crippen molar-refractivity contribution in [1.82, 2.24) is 5.32 Å². The average Bonchev–Trinajstić information content (AvgIpc) is 3.28. The zero-order valence-electron chi connectivity index (χ0n) is 13.7. The highest BCUT2D eigenvalue weighted by atomic mass is 32.2. The molecule has 3 rings (SSSR count). The number of thiophene rings is 1. The summed E-state index contributed by atoms with van der Waals surface area (Å²) in [6, 6.07) is 12.0. The predicted molar refractivity (Wildman–Crippen MR) is 101 cm³/mol. The minimum atomic E-state index is 0.00599. The van der Waals surface area contributed by atoms with Crippen molar-refractivity contribution in [3.63, 3.8) is 0 Å². The van der Waals surface area contributed by atoms with E-state index in [1.54, 1.807) is 23.1 Å². The molecule has 0 unspecified atom stereocenters. The van der Waals surface area contributed by atoms with Crippen LogP contribution in [0.4, 0.5) is 0 Å². The monoisotopic (exact) mass is 361 g/mol. The zero-order chi connectivity index (χ0) is 16.6. The molecule has 1 saturated carbocycles. The molecule has 5 heteroatoms. The van der Waals surface area contributed by atoms with Crippen LogP contribution in [0.15, 0.2) is 46.7 Å². The first-order valence-corrected chi connectivity index (χ1v) is 10.3. The fourth-order valence-corrected chi connectivity index (χ4v) is 4.15. The molecule has 1 aliphatic carbocycles. The van der Waals surface area contributed by atoms with E-state index >= 15 is 0 Å². The Balaban J connectivity index is 1.43. The number of amides is 1. The third-order valence-corrected chi connectivity index (χ3v) is 6.06. The van der Waals surface area contributed by atoms with Gasteiger partial charge in [0.2, 0.25) is 0 Å². The van der Waals surface area contributed by atoms with Crippen LogP contribution in [0.5, 0.6) is 0 Å². The quantitative estimate of drug-likeness (QED) is 0.497. The lowest BCUT2D eigenvalue weighted by molar-refractivity contribution is 0.0934. The van der Waals surface area contributed by atoms with E-state index < -0.39 is 0 Å². The molecule has 2 aromatic rings. The summed E-state index contributed by atoms with van der Waals surface area (Å²) < 4.78 is 5.59. The van der Waals surface area contributed by atoms with Crippen molar-refractivity contribution < 1.29 is 9.53 Å². The molecule has 1 heterocycles. The minimum absolute atomic E-state index is 0.00599. The molecule has 1 amide bonds. The van der Waals surface area contributed by atoms with Gasteiger partial charge in [0.1, 0.15) is 0 Å². The number of carbonyl (C=O) groups excluding carboxylic acids is 1. The average molecular weight is 362 g/mol. The van der Waals surface area contributed by atoms with Gasteiger partial charge in [0.05, 0.1) is 5.56 Å². The summed E-state index contributed by atoms with van der Waals surface area (Å²) in [6.07, 6.45) is 3.50. The summed E-state index contributed by atoms with van der Waals surface area (Å²) in [5.74, 6) is 1.70. The van der Waals surface area contributed by atoms with Crippen LogP contribution < -0.4 is 5.32 Å². The second kappa shape index (κ2) is 9.25. The molecule has 24 heavy (non-hydrogen) atoms. The molecule has 1 fully saturated rings. The van der Waals surface area contributed by atoms with Gasteiger partial charge >= 0.3 is 0 Å². The maximum absolute atomic E-state index is 12.4. The molecule has 1 aliphatic rings. The Bertz CT molecular complexity index is 639. The fraction of sp³-hybridized carbons (Fsp3) is 0.421. The molecule has 0 atom stereocenters. The van der Waals surface area contributed by atoms with Crippen LogP contribution in [-0.4, -0.2) is 25.7 Å². The summed E-state index contributed by atoms with van der Waals surface area (Å²) in [5, 5.41) is 5.09. The number of nitrogens with one attached hydrogen (secondary N) is 1. The van der Waals surface area contributed by atoms with Gasteiger partial charge in [-0.3, -0.25) is 4.79 Å². The first-order valence-electron chi connectivity index (χ1n) is 8.43. The molecule has 0 radical (unpaired) electrons. The van der Waals surface area contributed by atoms with Crippen LogP contribution >= 0.6 is 23.1 Å². The lowest BCUT2D eigenvalue weighted by atomic mass is 10.2. The number of benzene rings is 1. The number of ether oxygens (including phenoxy) is 1. The third-order valence-electron chi connectivity index (χ3n) is 3.88. The van der Waals surface area contributed by atoms with Crippen molar-refractivity contribution in [1.29, 1.82) is 0 Å². The van der Waals surface area contributed by atoms with Crippen molar-refractivity contribution in [2.75, 3.05) is 19.8 Å². The van der Waals surface area contributed by atoms with Gasteiger partial charge in [-0.05, 0) is 48.8 Å². The van der Waals surface area contributed by atoms with Gasteiger partial charge in [-0.25, -0.2) is 0 Å². The normalized spacial score (nSPS) is 13.8. The van der Waals surface area contributed by atoms with Gasteiger partial charge in [-0.2, -0.15) is 0 Å². The lowest BCUT2D eigenvalue weighted by Gasteiger charge is -2.10. The summed E-state index contributed by atoms with van der Waals surface area (Å²) in [6.45, 7) is 2.27. The van der Waals surface area contributed by atoms with Crippen molar-refractivity contribution >= 4 is 29.0 Å². The van der Waals surface area contributed by atoms with Gasteiger partial charge in [-0.15, -0.1) is 23.1 Å². The molecule has 0 saturated heterocycles. The molecule has 128 valence electrons. The SMILES string of the molecule is O=C(NCCCOCC1CC1)c1ccccc1SCc1cccs1. The van der Waals surface area contributed by atoms with E-state index in [2.05, 4.69) is 22.8 Å². The third kappa shape index (κ3) is 5.65. The molecule has 0 bridgehead atoms. The Hall–Kier alpha value is -1.30. The van der Waals surface area contributed by atoms with Crippen molar-refractivity contribution in [3.05, 3.63) is 52.2 Å². The molecule has 1 aromatic carbocycles.